The summed E-state index contributed by atoms with van der Waals surface area (Å²) in [5.74, 6) is 0.770. The Morgan fingerprint density at radius 1 is 0.958 bits per heavy atom. The monoisotopic (exact) mass is 446 g/mol. The zero-order valence-corrected chi connectivity index (χ0v) is 17.1. The molecule has 0 aliphatic rings. The summed E-state index contributed by atoms with van der Waals surface area (Å²) >= 11 is 0. The molecule has 1 aromatic carbocycles. The molecule has 0 saturated carbocycles. The highest BCUT2D eigenvalue weighted by molar-refractivity contribution is 14.0. The molecule has 136 valence electrons. The first-order valence-electron chi connectivity index (χ1n) is 8.63. The molecular formula is C18H31IN4O. The van der Waals surface area contributed by atoms with E-state index in [9.17, 15) is 4.79 Å². The minimum absolute atomic E-state index is 0. The van der Waals surface area contributed by atoms with Crippen molar-refractivity contribution in [1.29, 1.82) is 0 Å². The number of carbonyl (C=O) groups excluding carboxylic acids is 1. The van der Waals surface area contributed by atoms with Crippen LogP contribution in [0.1, 0.15) is 49.9 Å². The van der Waals surface area contributed by atoms with Crippen LogP contribution in [-0.4, -0.2) is 38.0 Å². The van der Waals surface area contributed by atoms with Crippen molar-refractivity contribution in [1.82, 2.24) is 16.0 Å². The molecule has 0 saturated heterocycles. The summed E-state index contributed by atoms with van der Waals surface area (Å²) in [7, 11) is 0. The van der Waals surface area contributed by atoms with Gasteiger partial charge in [-0.15, -0.1) is 24.0 Å². The van der Waals surface area contributed by atoms with E-state index in [0.717, 1.165) is 25.5 Å². The van der Waals surface area contributed by atoms with Gasteiger partial charge in [0.05, 0.1) is 0 Å². The molecule has 0 aromatic heterocycles. The summed E-state index contributed by atoms with van der Waals surface area (Å²) in [6, 6.07) is 9.25. The highest BCUT2D eigenvalue weighted by Crippen LogP contribution is 1.98. The van der Waals surface area contributed by atoms with Crippen molar-refractivity contribution in [2.45, 2.75) is 39.5 Å². The van der Waals surface area contributed by atoms with Gasteiger partial charge in [-0.05, 0) is 25.5 Å². The van der Waals surface area contributed by atoms with Gasteiger partial charge in [0, 0.05) is 31.7 Å². The summed E-state index contributed by atoms with van der Waals surface area (Å²) in [6.45, 7) is 7.14. The quantitative estimate of drug-likeness (QED) is 0.224. The lowest BCUT2D eigenvalue weighted by atomic mass is 10.2. The van der Waals surface area contributed by atoms with Gasteiger partial charge < -0.3 is 16.0 Å². The van der Waals surface area contributed by atoms with Gasteiger partial charge in [-0.25, -0.2) is 0 Å². The third kappa shape index (κ3) is 10.5. The Kier molecular flexibility index (Phi) is 14.4. The van der Waals surface area contributed by atoms with Crippen LogP contribution < -0.4 is 16.0 Å². The summed E-state index contributed by atoms with van der Waals surface area (Å²) < 4.78 is 0. The summed E-state index contributed by atoms with van der Waals surface area (Å²) in [5.41, 5.74) is 0.684. The molecule has 0 bridgehead atoms. The third-order valence-electron chi connectivity index (χ3n) is 3.36. The predicted molar refractivity (Wildman–Crippen MR) is 112 cm³/mol. The van der Waals surface area contributed by atoms with Crippen LogP contribution in [0, 0.1) is 0 Å². The molecule has 0 aliphatic carbocycles. The van der Waals surface area contributed by atoms with Gasteiger partial charge in [-0.2, -0.15) is 0 Å². The van der Waals surface area contributed by atoms with E-state index in [1.807, 2.05) is 37.3 Å². The average molecular weight is 446 g/mol. The minimum atomic E-state index is -0.0473. The number of amides is 1. The number of rotatable bonds is 10. The molecule has 3 N–H and O–H groups in total. The lowest BCUT2D eigenvalue weighted by Crippen LogP contribution is -2.41. The predicted octanol–water partition coefficient (Wildman–Crippen LogP) is 3.17. The second-order valence-corrected chi connectivity index (χ2v) is 5.37. The Balaban J connectivity index is 0.00000529. The van der Waals surface area contributed by atoms with Crippen molar-refractivity contribution in [2.75, 3.05) is 26.2 Å². The maximum atomic E-state index is 11.9. The summed E-state index contributed by atoms with van der Waals surface area (Å²) in [6.07, 6.45) is 4.86. The van der Waals surface area contributed by atoms with Crippen molar-refractivity contribution in [3.63, 3.8) is 0 Å². The second kappa shape index (κ2) is 15.2. The summed E-state index contributed by atoms with van der Waals surface area (Å²) in [4.78, 5) is 16.4. The van der Waals surface area contributed by atoms with Crippen LogP contribution in [0.15, 0.2) is 35.3 Å². The van der Waals surface area contributed by atoms with Crippen molar-refractivity contribution in [2.24, 2.45) is 4.99 Å². The number of guanidine groups is 1. The Labute approximate surface area is 163 Å². The number of halogens is 1. The van der Waals surface area contributed by atoms with E-state index in [2.05, 4.69) is 27.9 Å². The largest absolute Gasteiger partial charge is 0.357 e. The highest BCUT2D eigenvalue weighted by atomic mass is 127. The van der Waals surface area contributed by atoms with Crippen LogP contribution >= 0.6 is 24.0 Å². The molecular weight excluding hydrogens is 415 g/mol. The molecule has 5 nitrogen and oxygen atoms in total. The van der Waals surface area contributed by atoms with Crippen LogP contribution in [0.2, 0.25) is 0 Å². The molecule has 1 amide bonds. The molecule has 0 radical (unpaired) electrons. The molecule has 0 aliphatic heterocycles. The Morgan fingerprint density at radius 3 is 2.33 bits per heavy atom. The van der Waals surface area contributed by atoms with E-state index in [1.165, 1.54) is 19.3 Å². The van der Waals surface area contributed by atoms with Crippen molar-refractivity contribution < 1.29 is 4.79 Å². The second-order valence-electron chi connectivity index (χ2n) is 5.37. The third-order valence-corrected chi connectivity index (χ3v) is 3.36. The Bertz CT molecular complexity index is 465. The SMILES string of the molecule is CCCCCCN=C(NCC)NCCNC(=O)c1ccccc1.I. The fourth-order valence-corrected chi connectivity index (χ4v) is 2.12. The Morgan fingerprint density at radius 2 is 1.67 bits per heavy atom. The van der Waals surface area contributed by atoms with E-state index in [-0.39, 0.29) is 29.9 Å². The number of hydrogen-bond donors (Lipinski definition) is 3. The van der Waals surface area contributed by atoms with Gasteiger partial charge in [0.1, 0.15) is 0 Å². The number of carbonyl (C=O) groups is 1. The van der Waals surface area contributed by atoms with Crippen molar-refractivity contribution in [3.05, 3.63) is 35.9 Å². The van der Waals surface area contributed by atoms with E-state index < -0.39 is 0 Å². The fourth-order valence-electron chi connectivity index (χ4n) is 2.12. The lowest BCUT2D eigenvalue weighted by Gasteiger charge is -2.12. The van der Waals surface area contributed by atoms with Crippen molar-refractivity contribution >= 4 is 35.8 Å². The van der Waals surface area contributed by atoms with Gasteiger partial charge in [0.2, 0.25) is 0 Å². The van der Waals surface area contributed by atoms with Crippen LogP contribution in [0.25, 0.3) is 0 Å². The fraction of sp³-hybridized carbons (Fsp3) is 0.556. The molecule has 0 unspecified atom stereocenters. The number of benzene rings is 1. The smallest absolute Gasteiger partial charge is 0.251 e. The number of aliphatic imine (C=N–C) groups is 1. The highest BCUT2D eigenvalue weighted by Gasteiger charge is 2.03. The number of nitrogens with zero attached hydrogens (tertiary/aromatic N) is 1. The molecule has 0 atom stereocenters. The van der Waals surface area contributed by atoms with Gasteiger partial charge >= 0.3 is 0 Å². The van der Waals surface area contributed by atoms with E-state index in [0.29, 0.717) is 18.7 Å². The first kappa shape index (κ1) is 22.7. The summed E-state index contributed by atoms with van der Waals surface area (Å²) in [5, 5.41) is 9.36. The van der Waals surface area contributed by atoms with Crippen LogP contribution in [-0.2, 0) is 0 Å². The average Bonchev–Trinajstić information content (AvgIpc) is 2.59. The molecule has 1 aromatic rings. The van der Waals surface area contributed by atoms with Crippen molar-refractivity contribution in [3.8, 4) is 0 Å². The zero-order chi connectivity index (χ0) is 16.8. The van der Waals surface area contributed by atoms with Crippen LogP contribution in [0.4, 0.5) is 0 Å². The first-order valence-corrected chi connectivity index (χ1v) is 8.63. The maximum Gasteiger partial charge on any atom is 0.251 e. The maximum absolute atomic E-state index is 11.9. The molecule has 1 rings (SSSR count). The van der Waals surface area contributed by atoms with E-state index >= 15 is 0 Å². The van der Waals surface area contributed by atoms with Gasteiger partial charge in [-0.3, -0.25) is 9.79 Å². The van der Waals surface area contributed by atoms with Gasteiger partial charge in [0.15, 0.2) is 5.96 Å². The Hall–Kier alpha value is -1.31. The van der Waals surface area contributed by atoms with Crippen LogP contribution in [0.5, 0.6) is 0 Å². The van der Waals surface area contributed by atoms with Gasteiger partial charge in [0.25, 0.3) is 5.91 Å². The minimum Gasteiger partial charge on any atom is -0.357 e. The zero-order valence-electron chi connectivity index (χ0n) is 14.8. The molecule has 24 heavy (non-hydrogen) atoms. The standard InChI is InChI=1S/C18H30N4O.HI/c1-3-5-6-10-13-21-18(19-4-2)22-15-14-20-17(23)16-11-8-7-9-12-16;/h7-9,11-12H,3-6,10,13-15H2,1-2H3,(H,20,23)(H2,19,21,22);1H. The molecule has 6 heteroatoms. The topological polar surface area (TPSA) is 65.5 Å². The van der Waals surface area contributed by atoms with E-state index in [4.69, 9.17) is 0 Å². The molecule has 0 spiro atoms. The number of hydrogen-bond acceptors (Lipinski definition) is 2. The number of nitrogens with one attached hydrogen (secondary N) is 3. The van der Waals surface area contributed by atoms with E-state index in [1.54, 1.807) is 0 Å². The van der Waals surface area contributed by atoms with Gasteiger partial charge in [-0.1, -0.05) is 44.4 Å². The normalized spacial score (nSPS) is 10.7. The lowest BCUT2D eigenvalue weighted by molar-refractivity contribution is 0.0954. The molecule has 0 heterocycles. The van der Waals surface area contributed by atoms with Crippen LogP contribution in [0.3, 0.4) is 0 Å². The number of unbranched alkanes of at least 4 members (excludes halogenated alkanes) is 3. The molecule has 0 fully saturated rings. The first-order chi connectivity index (χ1) is 11.3.